The molecule has 1 heterocycles. The fraction of sp³-hybridized carbons (Fsp3) is 0.167. The van der Waals surface area contributed by atoms with Crippen LogP contribution >= 0.6 is 11.6 Å². The van der Waals surface area contributed by atoms with Crippen molar-refractivity contribution in [1.29, 1.82) is 0 Å². The largest absolute Gasteiger partial charge is 0.434 e. The average molecular weight is 286 g/mol. The van der Waals surface area contributed by atoms with E-state index >= 15 is 0 Å². The van der Waals surface area contributed by atoms with Crippen LogP contribution in [0.25, 0.3) is 16.2 Å². The smallest absolute Gasteiger partial charge is 0.333 e. The third-order valence-electron chi connectivity index (χ3n) is 2.49. The number of nitrogens with zero attached hydrogens (tertiary/aromatic N) is 3. The molecule has 1 aromatic carbocycles. The summed E-state index contributed by atoms with van der Waals surface area (Å²) in [6.07, 6.45) is -3.60. The summed E-state index contributed by atoms with van der Waals surface area (Å²) in [5, 5.41) is 0.191. The number of benzene rings is 1. The van der Waals surface area contributed by atoms with Crippen LogP contribution in [0.5, 0.6) is 0 Å². The van der Waals surface area contributed by atoms with E-state index in [2.05, 4.69) is 9.83 Å². The van der Waals surface area contributed by atoms with Gasteiger partial charge >= 0.3 is 6.18 Å². The first-order valence-electron chi connectivity index (χ1n) is 5.11. The lowest BCUT2D eigenvalue weighted by molar-refractivity contribution is -0.140. The highest BCUT2D eigenvalue weighted by molar-refractivity contribution is 6.33. The summed E-state index contributed by atoms with van der Waals surface area (Å²) in [5.74, 6) is 0.105. The number of halogens is 4. The third-order valence-corrected chi connectivity index (χ3v) is 2.80. The highest BCUT2D eigenvalue weighted by atomic mass is 35.5. The van der Waals surface area contributed by atoms with Crippen LogP contribution in [0.3, 0.4) is 0 Å². The molecule has 0 amide bonds. The molecule has 0 aliphatic heterocycles. The van der Waals surface area contributed by atoms with Crippen LogP contribution in [0.2, 0.25) is 5.02 Å². The molecule has 2 aromatic rings. The van der Waals surface area contributed by atoms with Gasteiger partial charge in [-0.25, -0.2) is 9.83 Å². The van der Waals surface area contributed by atoms with Crippen LogP contribution in [-0.4, -0.2) is 9.55 Å². The maximum Gasteiger partial charge on any atom is 0.434 e. The molecule has 1 aromatic heterocycles. The third kappa shape index (κ3) is 2.56. The molecular formula is C12H7ClF3N3. The fourth-order valence-electron chi connectivity index (χ4n) is 1.61. The summed E-state index contributed by atoms with van der Waals surface area (Å²) in [6.45, 7) is 6.84. The Labute approximate surface area is 112 Å². The molecular weight excluding hydrogens is 279 g/mol. The SMILES string of the molecule is [C-]#[N+]c1ccc(-c2nc(C(F)(F)F)cn2C)c(Cl)c1. The van der Waals surface area contributed by atoms with Crippen molar-refractivity contribution in [2.75, 3.05) is 0 Å². The summed E-state index contributed by atoms with van der Waals surface area (Å²) in [5.41, 5.74) is -0.304. The highest BCUT2D eigenvalue weighted by Gasteiger charge is 2.34. The van der Waals surface area contributed by atoms with Gasteiger partial charge in [0.1, 0.15) is 5.82 Å². The maximum absolute atomic E-state index is 12.6. The first kappa shape index (κ1) is 13.4. The summed E-state index contributed by atoms with van der Waals surface area (Å²) in [7, 11) is 1.46. The highest BCUT2D eigenvalue weighted by Crippen LogP contribution is 2.34. The minimum absolute atomic E-state index is 0.105. The number of rotatable bonds is 1. The minimum Gasteiger partial charge on any atom is -0.333 e. The van der Waals surface area contributed by atoms with Gasteiger partial charge in [0, 0.05) is 23.8 Å². The Morgan fingerprint density at radius 2 is 2.05 bits per heavy atom. The summed E-state index contributed by atoms with van der Waals surface area (Å²) in [4.78, 5) is 6.74. The van der Waals surface area contributed by atoms with E-state index in [0.717, 1.165) is 6.20 Å². The number of hydrogen-bond acceptors (Lipinski definition) is 1. The topological polar surface area (TPSA) is 22.2 Å². The molecule has 2 rings (SSSR count). The Bertz CT molecular complexity index is 668. The molecule has 0 saturated carbocycles. The van der Waals surface area contributed by atoms with Gasteiger partial charge in [0.15, 0.2) is 11.4 Å². The van der Waals surface area contributed by atoms with E-state index in [0.29, 0.717) is 11.3 Å². The monoisotopic (exact) mass is 285 g/mol. The van der Waals surface area contributed by atoms with E-state index in [4.69, 9.17) is 18.2 Å². The van der Waals surface area contributed by atoms with Gasteiger partial charge in [-0.1, -0.05) is 23.7 Å². The van der Waals surface area contributed by atoms with Gasteiger partial charge in [0.2, 0.25) is 0 Å². The van der Waals surface area contributed by atoms with Crippen LogP contribution < -0.4 is 0 Å². The van der Waals surface area contributed by atoms with Crippen LogP contribution in [0.1, 0.15) is 5.69 Å². The van der Waals surface area contributed by atoms with E-state index in [9.17, 15) is 13.2 Å². The number of aryl methyl sites for hydroxylation is 1. The van der Waals surface area contributed by atoms with E-state index in [1.54, 1.807) is 0 Å². The van der Waals surface area contributed by atoms with Crippen molar-refractivity contribution in [3.63, 3.8) is 0 Å². The van der Waals surface area contributed by atoms with Crippen molar-refractivity contribution in [2.45, 2.75) is 6.18 Å². The molecule has 98 valence electrons. The van der Waals surface area contributed by atoms with Crippen LogP contribution in [0, 0.1) is 6.57 Å². The zero-order valence-corrected chi connectivity index (χ0v) is 10.4. The van der Waals surface area contributed by atoms with E-state index in [-0.39, 0.29) is 10.8 Å². The van der Waals surface area contributed by atoms with Crippen LogP contribution in [0.4, 0.5) is 18.9 Å². The summed E-state index contributed by atoms with van der Waals surface area (Å²) >= 11 is 5.96. The molecule has 0 aliphatic rings. The minimum atomic E-state index is -4.50. The van der Waals surface area contributed by atoms with E-state index in [1.807, 2.05) is 0 Å². The molecule has 3 nitrogen and oxygen atoms in total. The molecule has 0 N–H and O–H groups in total. The zero-order valence-electron chi connectivity index (χ0n) is 9.66. The van der Waals surface area contributed by atoms with Gasteiger partial charge in [-0.15, -0.1) is 0 Å². The lowest BCUT2D eigenvalue weighted by Crippen LogP contribution is -2.04. The predicted octanol–water partition coefficient (Wildman–Crippen LogP) is 4.31. The average Bonchev–Trinajstić information content (AvgIpc) is 2.71. The molecule has 0 aliphatic carbocycles. The van der Waals surface area contributed by atoms with Gasteiger partial charge in [0.25, 0.3) is 0 Å². The quantitative estimate of drug-likeness (QED) is 0.716. The van der Waals surface area contributed by atoms with Crippen LogP contribution in [-0.2, 0) is 13.2 Å². The Hall–Kier alpha value is -2.00. The van der Waals surface area contributed by atoms with Gasteiger partial charge in [-0.2, -0.15) is 13.2 Å². The summed E-state index contributed by atoms with van der Waals surface area (Å²) in [6, 6.07) is 4.36. The molecule has 0 fully saturated rings. The molecule has 0 bridgehead atoms. The van der Waals surface area contributed by atoms with E-state index < -0.39 is 11.9 Å². The number of hydrogen-bond donors (Lipinski definition) is 0. The Balaban J connectivity index is 2.54. The maximum atomic E-state index is 12.6. The van der Waals surface area contributed by atoms with Crippen molar-refractivity contribution in [2.24, 2.45) is 7.05 Å². The second kappa shape index (κ2) is 4.59. The first-order chi connectivity index (χ1) is 8.82. The van der Waals surface area contributed by atoms with Crippen molar-refractivity contribution in [3.05, 3.63) is 46.5 Å². The van der Waals surface area contributed by atoms with E-state index in [1.165, 1.54) is 29.8 Å². The van der Waals surface area contributed by atoms with Crippen molar-refractivity contribution >= 4 is 17.3 Å². The Morgan fingerprint density at radius 1 is 1.37 bits per heavy atom. The first-order valence-corrected chi connectivity index (χ1v) is 5.48. The molecule has 0 atom stereocenters. The van der Waals surface area contributed by atoms with Crippen molar-refractivity contribution < 1.29 is 13.2 Å². The normalized spacial score (nSPS) is 11.4. The molecule has 0 spiro atoms. The van der Waals surface area contributed by atoms with Crippen LogP contribution in [0.15, 0.2) is 24.4 Å². The number of aromatic nitrogens is 2. The molecule has 0 unspecified atom stereocenters. The molecule has 0 saturated heterocycles. The van der Waals surface area contributed by atoms with Crippen molar-refractivity contribution in [3.8, 4) is 11.4 Å². The van der Waals surface area contributed by atoms with Gasteiger partial charge < -0.3 is 4.57 Å². The Morgan fingerprint density at radius 3 is 2.53 bits per heavy atom. The lowest BCUT2D eigenvalue weighted by atomic mass is 10.2. The number of imidazole rings is 1. The van der Waals surface area contributed by atoms with Gasteiger partial charge in [-0.05, 0) is 6.07 Å². The van der Waals surface area contributed by atoms with Gasteiger partial charge in [0.05, 0.1) is 6.57 Å². The molecule has 19 heavy (non-hydrogen) atoms. The van der Waals surface area contributed by atoms with Gasteiger partial charge in [-0.3, -0.25) is 0 Å². The Kier molecular flexibility index (Phi) is 3.25. The summed E-state index contributed by atoms with van der Waals surface area (Å²) < 4.78 is 39.0. The zero-order chi connectivity index (χ0) is 14.2. The second-order valence-corrected chi connectivity index (χ2v) is 4.24. The molecule has 7 heteroatoms. The second-order valence-electron chi connectivity index (χ2n) is 3.83. The molecule has 0 radical (unpaired) electrons. The van der Waals surface area contributed by atoms with Crippen molar-refractivity contribution in [1.82, 2.24) is 9.55 Å². The standard InChI is InChI=1S/C12H7ClF3N3/c1-17-7-3-4-8(9(13)5-7)11-18-10(6-19(11)2)12(14,15)16/h3-6H,2H3. The predicted molar refractivity (Wildman–Crippen MR) is 64.9 cm³/mol. The number of alkyl halides is 3. The lowest BCUT2D eigenvalue weighted by Gasteiger charge is -2.04. The fourth-order valence-corrected chi connectivity index (χ4v) is 1.87.